The number of morpholine rings is 1. The van der Waals surface area contributed by atoms with E-state index in [-0.39, 0.29) is 17.1 Å². The van der Waals surface area contributed by atoms with E-state index in [1.54, 1.807) is 29.1 Å². The first kappa shape index (κ1) is 20.5. The molecule has 0 bridgehead atoms. The van der Waals surface area contributed by atoms with Gasteiger partial charge in [0.05, 0.1) is 24.5 Å². The Hall–Kier alpha value is -2.78. The van der Waals surface area contributed by atoms with E-state index in [1.165, 1.54) is 18.8 Å². The number of amides is 1. The maximum Gasteiger partial charge on any atom is 0.294 e. The molecule has 1 saturated heterocycles. The highest BCUT2D eigenvalue weighted by molar-refractivity contribution is 5.95. The van der Waals surface area contributed by atoms with Crippen LogP contribution in [0.2, 0.25) is 0 Å². The highest BCUT2D eigenvalue weighted by Crippen LogP contribution is 2.34. The van der Waals surface area contributed by atoms with Crippen LogP contribution in [0.25, 0.3) is 5.69 Å². The third kappa shape index (κ3) is 4.22. The van der Waals surface area contributed by atoms with Gasteiger partial charge in [0, 0.05) is 49.2 Å². The van der Waals surface area contributed by atoms with Crippen LogP contribution in [0.4, 0.5) is 5.69 Å². The highest BCUT2D eigenvalue weighted by atomic mass is 16.6. The Morgan fingerprint density at radius 3 is 2.67 bits per heavy atom. The monoisotopic (exact) mass is 413 g/mol. The van der Waals surface area contributed by atoms with E-state index in [2.05, 4.69) is 15.2 Å². The fraction of sp³-hybridized carbons (Fsp3) is 0.524. The number of imidazole rings is 1. The van der Waals surface area contributed by atoms with Crippen molar-refractivity contribution in [3.05, 3.63) is 52.6 Å². The molecule has 4 rings (SSSR count). The summed E-state index contributed by atoms with van der Waals surface area (Å²) in [6, 6.07) is 4.56. The van der Waals surface area contributed by atoms with Gasteiger partial charge in [-0.2, -0.15) is 0 Å². The summed E-state index contributed by atoms with van der Waals surface area (Å²) in [5.41, 5.74) is 0.492. The maximum absolute atomic E-state index is 12.9. The molecule has 0 spiro atoms. The third-order valence-corrected chi connectivity index (χ3v) is 6.26. The second-order valence-corrected chi connectivity index (χ2v) is 8.00. The van der Waals surface area contributed by atoms with Gasteiger partial charge in [0.25, 0.3) is 11.6 Å². The van der Waals surface area contributed by atoms with Gasteiger partial charge < -0.3 is 14.6 Å². The molecule has 9 heteroatoms. The molecule has 2 aromatic rings. The van der Waals surface area contributed by atoms with Crippen LogP contribution in [0.1, 0.15) is 42.5 Å². The average molecular weight is 413 g/mol. The van der Waals surface area contributed by atoms with Crippen molar-refractivity contribution >= 4 is 11.6 Å². The van der Waals surface area contributed by atoms with Crippen molar-refractivity contribution in [1.82, 2.24) is 19.8 Å². The van der Waals surface area contributed by atoms with Crippen molar-refractivity contribution in [3.63, 3.8) is 0 Å². The van der Waals surface area contributed by atoms with Crippen LogP contribution in [0, 0.1) is 10.1 Å². The van der Waals surface area contributed by atoms with Gasteiger partial charge in [-0.05, 0) is 25.0 Å². The zero-order valence-corrected chi connectivity index (χ0v) is 17.0. The first-order valence-electron chi connectivity index (χ1n) is 10.5. The Morgan fingerprint density at radius 1 is 1.23 bits per heavy atom. The number of carbonyl (C=O) groups is 1. The summed E-state index contributed by atoms with van der Waals surface area (Å²) >= 11 is 0. The molecule has 2 fully saturated rings. The number of rotatable bonds is 6. The molecular weight excluding hydrogens is 386 g/mol. The van der Waals surface area contributed by atoms with E-state index in [0.717, 1.165) is 52.0 Å². The SMILES string of the molecule is O=C(NCC1(N2CCOCC2)CCCCC1)c1ccc(-n2ccnc2)c([N+](=O)[O-])c1. The van der Waals surface area contributed by atoms with Gasteiger partial charge >= 0.3 is 0 Å². The molecule has 1 saturated carbocycles. The molecular formula is C21H27N5O4. The van der Waals surface area contributed by atoms with Crippen molar-refractivity contribution in [1.29, 1.82) is 0 Å². The Labute approximate surface area is 175 Å². The number of nitrogens with one attached hydrogen (secondary N) is 1. The molecule has 1 aromatic heterocycles. The van der Waals surface area contributed by atoms with Gasteiger partial charge in [-0.15, -0.1) is 0 Å². The Bertz CT molecular complexity index is 887. The van der Waals surface area contributed by atoms with Gasteiger partial charge in [-0.25, -0.2) is 4.98 Å². The van der Waals surface area contributed by atoms with Crippen molar-refractivity contribution in [3.8, 4) is 5.69 Å². The summed E-state index contributed by atoms with van der Waals surface area (Å²) in [7, 11) is 0. The van der Waals surface area contributed by atoms with Crippen molar-refractivity contribution < 1.29 is 14.5 Å². The predicted octanol–water partition coefficient (Wildman–Crippen LogP) is 2.55. The molecule has 1 aliphatic carbocycles. The number of hydrogen-bond donors (Lipinski definition) is 1. The number of benzene rings is 1. The van der Waals surface area contributed by atoms with Crippen LogP contribution in [-0.4, -0.2) is 63.7 Å². The van der Waals surface area contributed by atoms with E-state index < -0.39 is 4.92 Å². The largest absolute Gasteiger partial charge is 0.379 e. The van der Waals surface area contributed by atoms with Crippen molar-refractivity contribution in [2.45, 2.75) is 37.6 Å². The summed E-state index contributed by atoms with van der Waals surface area (Å²) in [5.74, 6) is -0.284. The Kier molecular flexibility index (Phi) is 6.10. The summed E-state index contributed by atoms with van der Waals surface area (Å²) in [6.07, 6.45) is 10.3. The van der Waals surface area contributed by atoms with E-state index in [9.17, 15) is 14.9 Å². The number of aromatic nitrogens is 2. The first-order valence-corrected chi connectivity index (χ1v) is 10.5. The van der Waals surface area contributed by atoms with E-state index >= 15 is 0 Å². The number of nitro groups is 1. The van der Waals surface area contributed by atoms with Gasteiger partial charge in [-0.1, -0.05) is 19.3 Å². The molecule has 2 aliphatic rings. The highest BCUT2D eigenvalue weighted by Gasteiger charge is 2.39. The molecule has 0 radical (unpaired) electrons. The summed E-state index contributed by atoms with van der Waals surface area (Å²) in [4.78, 5) is 30.4. The van der Waals surface area contributed by atoms with Gasteiger partial charge in [0.15, 0.2) is 0 Å². The minimum Gasteiger partial charge on any atom is -0.379 e. The zero-order chi connectivity index (χ0) is 21.0. The van der Waals surface area contributed by atoms with Crippen LogP contribution in [0.15, 0.2) is 36.9 Å². The Morgan fingerprint density at radius 2 is 2.00 bits per heavy atom. The second-order valence-electron chi connectivity index (χ2n) is 8.00. The van der Waals surface area contributed by atoms with Crippen LogP contribution in [-0.2, 0) is 4.74 Å². The predicted molar refractivity (Wildman–Crippen MR) is 111 cm³/mol. The van der Waals surface area contributed by atoms with Crippen LogP contribution in [0.3, 0.4) is 0 Å². The van der Waals surface area contributed by atoms with Crippen molar-refractivity contribution in [2.24, 2.45) is 0 Å². The number of ether oxygens (including phenoxy) is 1. The fourth-order valence-corrected chi connectivity index (χ4v) is 4.63. The molecule has 0 unspecified atom stereocenters. The molecule has 2 heterocycles. The molecule has 30 heavy (non-hydrogen) atoms. The minimum atomic E-state index is -0.470. The molecule has 160 valence electrons. The van der Waals surface area contributed by atoms with E-state index in [0.29, 0.717) is 17.8 Å². The molecule has 1 aromatic carbocycles. The molecule has 1 N–H and O–H groups in total. The standard InChI is InChI=1S/C21H27N5O4/c27-20(17-4-5-18(19(14-17)26(28)29)24-9-8-22-16-24)23-15-21(6-2-1-3-7-21)25-10-12-30-13-11-25/h4-5,8-9,14,16H,1-3,6-7,10-13,15H2,(H,23,27). The van der Waals surface area contributed by atoms with Crippen LogP contribution < -0.4 is 5.32 Å². The van der Waals surface area contributed by atoms with Crippen molar-refractivity contribution in [2.75, 3.05) is 32.8 Å². The summed E-state index contributed by atoms with van der Waals surface area (Å²) in [6.45, 7) is 3.74. The lowest BCUT2D eigenvalue weighted by Crippen LogP contribution is -2.59. The molecule has 1 aliphatic heterocycles. The fourth-order valence-electron chi connectivity index (χ4n) is 4.63. The third-order valence-electron chi connectivity index (χ3n) is 6.26. The molecule has 9 nitrogen and oxygen atoms in total. The zero-order valence-electron chi connectivity index (χ0n) is 17.0. The van der Waals surface area contributed by atoms with E-state index in [4.69, 9.17) is 4.74 Å². The minimum absolute atomic E-state index is 0.0552. The quantitative estimate of drug-likeness (QED) is 0.577. The smallest absolute Gasteiger partial charge is 0.294 e. The van der Waals surface area contributed by atoms with Gasteiger partial charge in [-0.3, -0.25) is 19.8 Å². The lowest BCUT2D eigenvalue weighted by atomic mass is 9.79. The lowest BCUT2D eigenvalue weighted by molar-refractivity contribution is -0.384. The van der Waals surface area contributed by atoms with Crippen LogP contribution >= 0.6 is 0 Å². The average Bonchev–Trinajstić information content (AvgIpc) is 3.33. The lowest BCUT2D eigenvalue weighted by Gasteiger charge is -2.48. The van der Waals surface area contributed by atoms with Crippen LogP contribution in [0.5, 0.6) is 0 Å². The van der Waals surface area contributed by atoms with Gasteiger partial charge in [0.2, 0.25) is 0 Å². The topological polar surface area (TPSA) is 103 Å². The summed E-state index contributed by atoms with van der Waals surface area (Å²) in [5, 5.41) is 14.6. The maximum atomic E-state index is 12.9. The number of carbonyl (C=O) groups excluding carboxylic acids is 1. The first-order chi connectivity index (χ1) is 14.6. The molecule has 1 amide bonds. The number of hydrogen-bond acceptors (Lipinski definition) is 6. The summed E-state index contributed by atoms with van der Waals surface area (Å²) < 4.78 is 7.07. The second kappa shape index (κ2) is 8.93. The molecule has 0 atom stereocenters. The number of nitro benzene ring substituents is 1. The number of nitrogens with zero attached hydrogens (tertiary/aromatic N) is 4. The van der Waals surface area contributed by atoms with Gasteiger partial charge in [0.1, 0.15) is 5.69 Å². The normalized spacial score (nSPS) is 19.3. The van der Waals surface area contributed by atoms with E-state index in [1.807, 2.05) is 0 Å². The Balaban J connectivity index is 1.51.